The van der Waals surface area contributed by atoms with Crippen molar-refractivity contribution in [3.05, 3.63) is 40.8 Å². The SMILES string of the molecule is CCOc1cc(CNCCc2c(C)noc2C)ccc1OCC(F)(F)F. The maximum absolute atomic E-state index is 12.3. The fourth-order valence-electron chi connectivity index (χ4n) is 2.51. The number of aromatic nitrogens is 1. The Hall–Kier alpha value is -2.22. The average molecular weight is 372 g/mol. The molecule has 0 spiro atoms. The second-order valence-corrected chi connectivity index (χ2v) is 5.85. The number of hydrogen-bond acceptors (Lipinski definition) is 5. The number of ether oxygens (including phenoxy) is 2. The van der Waals surface area contributed by atoms with Gasteiger partial charge in [-0.25, -0.2) is 0 Å². The zero-order chi connectivity index (χ0) is 19.2. The molecule has 0 aliphatic rings. The van der Waals surface area contributed by atoms with Gasteiger partial charge in [0.2, 0.25) is 0 Å². The Morgan fingerprint density at radius 3 is 2.54 bits per heavy atom. The summed E-state index contributed by atoms with van der Waals surface area (Å²) < 4.78 is 52.3. The fourth-order valence-corrected chi connectivity index (χ4v) is 2.51. The molecule has 0 aliphatic carbocycles. The first-order valence-electron chi connectivity index (χ1n) is 8.38. The van der Waals surface area contributed by atoms with Gasteiger partial charge in [0.15, 0.2) is 18.1 Å². The van der Waals surface area contributed by atoms with Crippen LogP contribution in [0.1, 0.15) is 29.5 Å². The summed E-state index contributed by atoms with van der Waals surface area (Å²) in [4.78, 5) is 0. The molecule has 0 aliphatic heterocycles. The van der Waals surface area contributed by atoms with Gasteiger partial charge in [-0.1, -0.05) is 11.2 Å². The number of alkyl halides is 3. The summed E-state index contributed by atoms with van der Waals surface area (Å²) in [6, 6.07) is 4.91. The number of rotatable bonds is 9. The van der Waals surface area contributed by atoms with Gasteiger partial charge >= 0.3 is 6.18 Å². The molecule has 26 heavy (non-hydrogen) atoms. The van der Waals surface area contributed by atoms with Gasteiger partial charge in [0.1, 0.15) is 5.76 Å². The Labute approximate surface area is 150 Å². The van der Waals surface area contributed by atoms with Gasteiger partial charge in [0, 0.05) is 12.1 Å². The lowest BCUT2D eigenvalue weighted by Gasteiger charge is -2.15. The molecule has 1 aromatic heterocycles. The van der Waals surface area contributed by atoms with Gasteiger partial charge in [-0.3, -0.25) is 0 Å². The minimum absolute atomic E-state index is 0.0867. The van der Waals surface area contributed by atoms with Crippen molar-refractivity contribution in [2.24, 2.45) is 0 Å². The van der Waals surface area contributed by atoms with E-state index in [0.29, 0.717) is 18.9 Å². The van der Waals surface area contributed by atoms with Crippen molar-refractivity contribution in [2.75, 3.05) is 19.8 Å². The van der Waals surface area contributed by atoms with E-state index in [0.717, 1.165) is 35.5 Å². The molecular formula is C18H23F3N2O3. The van der Waals surface area contributed by atoms with E-state index in [1.165, 1.54) is 6.07 Å². The summed E-state index contributed by atoms with van der Waals surface area (Å²) >= 11 is 0. The van der Waals surface area contributed by atoms with E-state index in [2.05, 4.69) is 10.5 Å². The molecule has 0 radical (unpaired) electrons. The summed E-state index contributed by atoms with van der Waals surface area (Å²) in [5.74, 6) is 1.21. The zero-order valence-corrected chi connectivity index (χ0v) is 15.1. The van der Waals surface area contributed by atoms with E-state index in [1.807, 2.05) is 13.8 Å². The molecule has 1 heterocycles. The van der Waals surface area contributed by atoms with Crippen molar-refractivity contribution in [2.45, 2.75) is 39.9 Å². The maximum Gasteiger partial charge on any atom is 0.422 e. The number of nitrogens with one attached hydrogen (secondary N) is 1. The first kappa shape index (κ1) is 20.1. The zero-order valence-electron chi connectivity index (χ0n) is 15.1. The van der Waals surface area contributed by atoms with Crippen LogP contribution in [0, 0.1) is 13.8 Å². The van der Waals surface area contributed by atoms with Gasteiger partial charge in [-0.2, -0.15) is 13.2 Å². The molecule has 1 N–H and O–H groups in total. The number of nitrogens with zero attached hydrogens (tertiary/aromatic N) is 1. The normalized spacial score (nSPS) is 11.6. The molecule has 0 saturated carbocycles. The van der Waals surface area contributed by atoms with Gasteiger partial charge in [0.05, 0.1) is 12.3 Å². The van der Waals surface area contributed by atoms with Crippen molar-refractivity contribution in [3.8, 4) is 11.5 Å². The lowest BCUT2D eigenvalue weighted by Crippen LogP contribution is -2.20. The van der Waals surface area contributed by atoms with E-state index in [1.54, 1.807) is 19.1 Å². The largest absolute Gasteiger partial charge is 0.490 e. The Morgan fingerprint density at radius 2 is 1.92 bits per heavy atom. The molecule has 5 nitrogen and oxygen atoms in total. The predicted octanol–water partition coefficient (Wildman–Crippen LogP) is 3.96. The summed E-state index contributed by atoms with van der Waals surface area (Å²) in [6.07, 6.45) is -3.60. The second-order valence-electron chi connectivity index (χ2n) is 5.85. The standard InChI is InChI=1S/C18H23F3N2O3/c1-4-24-17-9-14(5-6-16(17)25-11-18(19,20)21)10-22-8-7-15-12(2)23-26-13(15)3/h5-6,9,22H,4,7-8,10-11H2,1-3H3. The van der Waals surface area contributed by atoms with Crippen LogP contribution in [0.4, 0.5) is 13.2 Å². The lowest BCUT2D eigenvalue weighted by molar-refractivity contribution is -0.153. The second kappa shape index (κ2) is 8.93. The smallest absolute Gasteiger partial charge is 0.422 e. The predicted molar refractivity (Wildman–Crippen MR) is 90.5 cm³/mol. The average Bonchev–Trinajstić information content (AvgIpc) is 2.89. The number of aryl methyl sites for hydroxylation is 2. The highest BCUT2D eigenvalue weighted by molar-refractivity contribution is 5.43. The molecule has 0 atom stereocenters. The van der Waals surface area contributed by atoms with Gasteiger partial charge in [-0.15, -0.1) is 0 Å². The molecule has 2 aromatic rings. The monoisotopic (exact) mass is 372 g/mol. The fraction of sp³-hybridized carbons (Fsp3) is 0.500. The molecule has 144 valence electrons. The number of halogens is 3. The number of benzene rings is 1. The third-order valence-corrected chi connectivity index (χ3v) is 3.76. The van der Waals surface area contributed by atoms with Crippen molar-refractivity contribution in [1.82, 2.24) is 10.5 Å². The van der Waals surface area contributed by atoms with Gasteiger partial charge < -0.3 is 19.3 Å². The Kier molecular flexibility index (Phi) is 6.90. The Bertz CT molecular complexity index is 695. The van der Waals surface area contributed by atoms with Crippen LogP contribution in [0.5, 0.6) is 11.5 Å². The van der Waals surface area contributed by atoms with Crippen LogP contribution in [0.2, 0.25) is 0 Å². The molecular weight excluding hydrogens is 349 g/mol. The van der Waals surface area contributed by atoms with Gasteiger partial charge in [-0.05, 0) is 51.4 Å². The molecule has 0 fully saturated rings. The number of hydrogen-bond donors (Lipinski definition) is 1. The van der Waals surface area contributed by atoms with Crippen LogP contribution in [-0.2, 0) is 13.0 Å². The summed E-state index contributed by atoms with van der Waals surface area (Å²) in [7, 11) is 0. The Balaban J connectivity index is 1.91. The molecule has 8 heteroatoms. The minimum atomic E-state index is -4.39. The van der Waals surface area contributed by atoms with Crippen LogP contribution in [0.25, 0.3) is 0 Å². The summed E-state index contributed by atoms with van der Waals surface area (Å²) in [5, 5.41) is 7.21. The first-order valence-corrected chi connectivity index (χ1v) is 8.38. The molecule has 2 rings (SSSR count). The van der Waals surface area contributed by atoms with Crippen molar-refractivity contribution < 1.29 is 27.2 Å². The van der Waals surface area contributed by atoms with E-state index in [-0.39, 0.29) is 5.75 Å². The van der Waals surface area contributed by atoms with Crippen LogP contribution in [0.15, 0.2) is 22.7 Å². The third-order valence-electron chi connectivity index (χ3n) is 3.76. The van der Waals surface area contributed by atoms with E-state index < -0.39 is 12.8 Å². The van der Waals surface area contributed by atoms with Crippen LogP contribution in [0.3, 0.4) is 0 Å². The minimum Gasteiger partial charge on any atom is -0.490 e. The van der Waals surface area contributed by atoms with E-state index in [4.69, 9.17) is 14.0 Å². The highest BCUT2D eigenvalue weighted by Gasteiger charge is 2.29. The van der Waals surface area contributed by atoms with E-state index in [9.17, 15) is 13.2 Å². The van der Waals surface area contributed by atoms with Crippen molar-refractivity contribution in [1.29, 1.82) is 0 Å². The highest BCUT2D eigenvalue weighted by atomic mass is 19.4. The lowest BCUT2D eigenvalue weighted by atomic mass is 10.1. The molecule has 1 aromatic carbocycles. The van der Waals surface area contributed by atoms with E-state index >= 15 is 0 Å². The molecule has 0 saturated heterocycles. The molecule has 0 amide bonds. The topological polar surface area (TPSA) is 56.5 Å². The highest BCUT2D eigenvalue weighted by Crippen LogP contribution is 2.30. The molecule has 0 unspecified atom stereocenters. The third kappa shape index (κ3) is 5.94. The Morgan fingerprint density at radius 1 is 1.15 bits per heavy atom. The maximum atomic E-state index is 12.3. The summed E-state index contributed by atoms with van der Waals surface area (Å²) in [6.45, 7) is 5.82. The van der Waals surface area contributed by atoms with Crippen molar-refractivity contribution in [3.63, 3.8) is 0 Å². The first-order chi connectivity index (χ1) is 12.3. The van der Waals surface area contributed by atoms with Crippen molar-refractivity contribution >= 4 is 0 Å². The quantitative estimate of drug-likeness (QED) is 0.675. The summed E-state index contributed by atoms with van der Waals surface area (Å²) in [5.41, 5.74) is 2.86. The van der Waals surface area contributed by atoms with Gasteiger partial charge in [0.25, 0.3) is 0 Å². The van der Waals surface area contributed by atoms with Crippen LogP contribution < -0.4 is 14.8 Å². The van der Waals surface area contributed by atoms with Crippen LogP contribution >= 0.6 is 0 Å². The van der Waals surface area contributed by atoms with Crippen LogP contribution in [-0.4, -0.2) is 31.1 Å². The molecule has 0 bridgehead atoms.